The van der Waals surface area contributed by atoms with Crippen LogP contribution >= 0.6 is 11.3 Å². The van der Waals surface area contributed by atoms with E-state index in [4.69, 9.17) is 0 Å². The number of rotatable bonds is 3. The summed E-state index contributed by atoms with van der Waals surface area (Å²) in [5.74, 6) is 0. The Bertz CT molecular complexity index is 1260. The van der Waals surface area contributed by atoms with Crippen LogP contribution in [0.3, 0.4) is 0 Å². The van der Waals surface area contributed by atoms with Crippen LogP contribution in [0.4, 0.5) is 0 Å². The van der Waals surface area contributed by atoms with Crippen LogP contribution in [0.5, 0.6) is 0 Å². The number of aryl methyl sites for hydroxylation is 1. The van der Waals surface area contributed by atoms with E-state index in [0.29, 0.717) is 0 Å². The third-order valence-electron chi connectivity index (χ3n) is 4.95. The standard InChI is InChI=1S/C24H17N3S/c1-16-11-19(8-9-20(16)17-5-3-2-4-6-17)24-21-10-7-18(23-13-28-15-27-23)12-22(21)25-14-26-24/h2-15H,1H3. The van der Waals surface area contributed by atoms with Crippen LogP contribution < -0.4 is 0 Å². The lowest BCUT2D eigenvalue weighted by molar-refractivity contribution is 1.22. The molecule has 2 aromatic heterocycles. The molecule has 0 fully saturated rings. The van der Waals surface area contributed by atoms with Gasteiger partial charge in [-0.2, -0.15) is 0 Å². The summed E-state index contributed by atoms with van der Waals surface area (Å²) in [5, 5.41) is 3.10. The van der Waals surface area contributed by atoms with E-state index >= 15 is 0 Å². The Morgan fingerprint density at radius 1 is 0.750 bits per heavy atom. The van der Waals surface area contributed by atoms with Gasteiger partial charge in [-0.05, 0) is 41.8 Å². The van der Waals surface area contributed by atoms with Crippen LogP contribution in [-0.4, -0.2) is 15.0 Å². The second-order valence-corrected chi connectivity index (χ2v) is 7.44. The van der Waals surface area contributed by atoms with E-state index < -0.39 is 0 Å². The van der Waals surface area contributed by atoms with Crippen molar-refractivity contribution in [3.05, 3.63) is 89.5 Å². The van der Waals surface area contributed by atoms with Gasteiger partial charge in [0.15, 0.2) is 0 Å². The zero-order chi connectivity index (χ0) is 18.9. The average molecular weight is 379 g/mol. The molecule has 0 N–H and O–H groups in total. The first kappa shape index (κ1) is 16.8. The van der Waals surface area contributed by atoms with Crippen LogP contribution in [-0.2, 0) is 0 Å². The Labute approximate surface area is 167 Å². The molecule has 0 spiro atoms. The Kier molecular flexibility index (Phi) is 4.18. The number of fused-ring (bicyclic) bond motifs is 1. The van der Waals surface area contributed by atoms with E-state index in [9.17, 15) is 0 Å². The van der Waals surface area contributed by atoms with Crippen molar-refractivity contribution in [1.29, 1.82) is 0 Å². The van der Waals surface area contributed by atoms with Gasteiger partial charge < -0.3 is 0 Å². The van der Waals surface area contributed by atoms with Crippen molar-refractivity contribution < 1.29 is 0 Å². The number of nitrogens with zero attached hydrogens (tertiary/aromatic N) is 3. The molecule has 0 aliphatic rings. The molecule has 0 atom stereocenters. The molecule has 5 rings (SSSR count). The van der Waals surface area contributed by atoms with Gasteiger partial charge in [-0.15, -0.1) is 11.3 Å². The van der Waals surface area contributed by atoms with Gasteiger partial charge in [0.1, 0.15) is 6.33 Å². The normalized spacial score (nSPS) is 11.0. The molecule has 134 valence electrons. The summed E-state index contributed by atoms with van der Waals surface area (Å²) in [6.07, 6.45) is 1.64. The number of hydrogen-bond acceptors (Lipinski definition) is 4. The topological polar surface area (TPSA) is 38.7 Å². The summed E-state index contributed by atoms with van der Waals surface area (Å²) < 4.78 is 0. The molecule has 0 unspecified atom stereocenters. The number of aromatic nitrogens is 3. The monoisotopic (exact) mass is 379 g/mol. The van der Waals surface area contributed by atoms with Gasteiger partial charge in [-0.1, -0.05) is 48.5 Å². The molecule has 0 aliphatic heterocycles. The predicted octanol–water partition coefficient (Wildman–Crippen LogP) is 6.40. The molecule has 3 nitrogen and oxygen atoms in total. The third-order valence-corrected chi connectivity index (χ3v) is 5.54. The second-order valence-electron chi connectivity index (χ2n) is 6.72. The largest absolute Gasteiger partial charge is 0.245 e. The molecular weight excluding hydrogens is 362 g/mol. The van der Waals surface area contributed by atoms with Crippen LogP contribution in [0.2, 0.25) is 0 Å². The molecule has 3 aromatic carbocycles. The highest BCUT2D eigenvalue weighted by atomic mass is 32.1. The molecule has 4 heteroatoms. The van der Waals surface area contributed by atoms with Crippen LogP contribution in [0.1, 0.15) is 5.56 Å². The highest BCUT2D eigenvalue weighted by Gasteiger charge is 2.10. The minimum Gasteiger partial charge on any atom is -0.245 e. The van der Waals surface area contributed by atoms with Crippen molar-refractivity contribution in [3.63, 3.8) is 0 Å². The highest BCUT2D eigenvalue weighted by molar-refractivity contribution is 7.07. The SMILES string of the molecule is Cc1cc(-c2ncnc3cc(-c4cscn4)ccc23)ccc1-c1ccccc1. The zero-order valence-electron chi connectivity index (χ0n) is 15.3. The molecule has 0 amide bonds. The van der Waals surface area contributed by atoms with Gasteiger partial charge >= 0.3 is 0 Å². The van der Waals surface area contributed by atoms with Gasteiger partial charge in [-0.25, -0.2) is 15.0 Å². The van der Waals surface area contributed by atoms with Crippen molar-refractivity contribution in [1.82, 2.24) is 15.0 Å². The summed E-state index contributed by atoms with van der Waals surface area (Å²) in [7, 11) is 0. The Morgan fingerprint density at radius 3 is 2.39 bits per heavy atom. The van der Waals surface area contributed by atoms with Gasteiger partial charge in [0.25, 0.3) is 0 Å². The van der Waals surface area contributed by atoms with E-state index in [1.54, 1.807) is 17.7 Å². The van der Waals surface area contributed by atoms with Gasteiger partial charge in [0.05, 0.1) is 22.4 Å². The Balaban J connectivity index is 1.60. The fourth-order valence-electron chi connectivity index (χ4n) is 3.55. The summed E-state index contributed by atoms with van der Waals surface area (Å²) in [4.78, 5) is 13.5. The fraction of sp³-hybridized carbons (Fsp3) is 0.0417. The van der Waals surface area contributed by atoms with Gasteiger partial charge in [0, 0.05) is 21.9 Å². The van der Waals surface area contributed by atoms with Crippen molar-refractivity contribution in [2.45, 2.75) is 6.92 Å². The molecule has 0 saturated heterocycles. The number of thiazole rings is 1. The van der Waals surface area contributed by atoms with E-state index in [-0.39, 0.29) is 0 Å². The summed E-state index contributed by atoms with van der Waals surface area (Å²) in [6.45, 7) is 2.15. The first-order valence-electron chi connectivity index (χ1n) is 9.09. The lowest BCUT2D eigenvalue weighted by Gasteiger charge is -2.11. The highest BCUT2D eigenvalue weighted by Crippen LogP contribution is 2.32. The number of hydrogen-bond donors (Lipinski definition) is 0. The van der Waals surface area contributed by atoms with Gasteiger partial charge in [0.2, 0.25) is 0 Å². The predicted molar refractivity (Wildman–Crippen MR) is 116 cm³/mol. The molecule has 5 aromatic rings. The molecule has 0 saturated carbocycles. The number of benzene rings is 3. The lowest BCUT2D eigenvalue weighted by Crippen LogP contribution is -1.91. The van der Waals surface area contributed by atoms with Crippen LogP contribution in [0.15, 0.2) is 83.9 Å². The Hall–Kier alpha value is -3.37. The summed E-state index contributed by atoms with van der Waals surface area (Å²) >= 11 is 1.60. The first-order chi connectivity index (χ1) is 13.8. The molecule has 28 heavy (non-hydrogen) atoms. The zero-order valence-corrected chi connectivity index (χ0v) is 16.1. The smallest absolute Gasteiger partial charge is 0.116 e. The summed E-state index contributed by atoms with van der Waals surface area (Å²) in [5.41, 5.74) is 10.6. The van der Waals surface area contributed by atoms with E-state index in [1.165, 1.54) is 16.7 Å². The third kappa shape index (κ3) is 2.98. The van der Waals surface area contributed by atoms with E-state index in [0.717, 1.165) is 33.4 Å². The van der Waals surface area contributed by atoms with Crippen molar-refractivity contribution in [2.75, 3.05) is 0 Å². The first-order valence-corrected chi connectivity index (χ1v) is 10.0. The van der Waals surface area contributed by atoms with Crippen molar-refractivity contribution in [2.24, 2.45) is 0 Å². The minimum atomic E-state index is 0.931. The van der Waals surface area contributed by atoms with Crippen LogP contribution in [0, 0.1) is 6.92 Å². The van der Waals surface area contributed by atoms with Crippen molar-refractivity contribution in [3.8, 4) is 33.6 Å². The average Bonchev–Trinajstić information content (AvgIpc) is 3.28. The van der Waals surface area contributed by atoms with Crippen LogP contribution in [0.25, 0.3) is 44.5 Å². The summed E-state index contributed by atoms with van der Waals surface area (Å²) in [6, 6.07) is 23.3. The lowest BCUT2D eigenvalue weighted by atomic mass is 9.96. The van der Waals surface area contributed by atoms with Gasteiger partial charge in [-0.3, -0.25) is 0 Å². The van der Waals surface area contributed by atoms with E-state index in [2.05, 4.69) is 87.9 Å². The molecular formula is C24H17N3S. The maximum absolute atomic E-state index is 4.59. The molecule has 0 bridgehead atoms. The fourth-order valence-corrected chi connectivity index (χ4v) is 4.12. The minimum absolute atomic E-state index is 0.931. The maximum Gasteiger partial charge on any atom is 0.116 e. The molecule has 2 heterocycles. The van der Waals surface area contributed by atoms with Crippen molar-refractivity contribution >= 4 is 22.2 Å². The quantitative estimate of drug-likeness (QED) is 0.364. The maximum atomic E-state index is 4.59. The molecule has 0 aliphatic carbocycles. The second kappa shape index (κ2) is 6.98. The Morgan fingerprint density at radius 2 is 1.61 bits per heavy atom. The van der Waals surface area contributed by atoms with E-state index in [1.807, 2.05) is 11.6 Å². The molecule has 0 radical (unpaired) electrons.